The van der Waals surface area contributed by atoms with Crippen molar-refractivity contribution >= 4 is 16.7 Å². The van der Waals surface area contributed by atoms with Crippen LogP contribution >= 0.6 is 0 Å². The maximum absolute atomic E-state index is 5.15. The molecule has 33 heavy (non-hydrogen) atoms. The van der Waals surface area contributed by atoms with Crippen molar-refractivity contribution in [3.05, 3.63) is 52.0 Å². The van der Waals surface area contributed by atoms with Gasteiger partial charge in [0, 0.05) is 17.6 Å². The summed E-state index contributed by atoms with van der Waals surface area (Å²) in [5.74, 6) is 0.770. The quantitative estimate of drug-likeness (QED) is 0.322. The van der Waals surface area contributed by atoms with E-state index in [2.05, 4.69) is 68.8 Å². The summed E-state index contributed by atoms with van der Waals surface area (Å²) in [7, 11) is 0. The van der Waals surface area contributed by atoms with Crippen LogP contribution in [0.3, 0.4) is 0 Å². The zero-order chi connectivity index (χ0) is 23.3. The predicted octanol–water partition coefficient (Wildman–Crippen LogP) is 7.43. The van der Waals surface area contributed by atoms with Crippen molar-refractivity contribution in [3.8, 4) is 11.1 Å². The molecule has 1 fully saturated rings. The Balaban J connectivity index is 1.78. The maximum atomic E-state index is 5.15. The van der Waals surface area contributed by atoms with Crippen LogP contribution in [0.5, 0.6) is 0 Å². The zero-order valence-corrected chi connectivity index (χ0v) is 21.3. The predicted molar refractivity (Wildman–Crippen MR) is 138 cm³/mol. The van der Waals surface area contributed by atoms with Crippen molar-refractivity contribution in [2.24, 2.45) is 5.92 Å². The highest BCUT2D eigenvalue weighted by Crippen LogP contribution is 2.36. The van der Waals surface area contributed by atoms with E-state index in [9.17, 15) is 0 Å². The van der Waals surface area contributed by atoms with Gasteiger partial charge >= 0.3 is 0 Å². The summed E-state index contributed by atoms with van der Waals surface area (Å²) >= 11 is 0. The Morgan fingerprint density at radius 3 is 2.24 bits per heavy atom. The summed E-state index contributed by atoms with van der Waals surface area (Å²) in [6.45, 7) is 14.3. The van der Waals surface area contributed by atoms with Gasteiger partial charge in [-0.1, -0.05) is 50.3 Å². The van der Waals surface area contributed by atoms with Gasteiger partial charge in [-0.05, 0) is 82.6 Å². The maximum Gasteiger partial charge on any atom is 0.165 e. The molecule has 0 N–H and O–H groups in total. The molecule has 3 heterocycles. The molecule has 5 rings (SSSR count). The first-order valence-electron chi connectivity index (χ1n) is 12.8. The lowest BCUT2D eigenvalue weighted by Gasteiger charge is -2.24. The van der Waals surface area contributed by atoms with Crippen LogP contribution in [-0.2, 0) is 13.0 Å². The van der Waals surface area contributed by atoms with E-state index in [4.69, 9.17) is 10.1 Å². The SMILES string of the molecule is CCCc1cc2c(C)nc3c(-c4c(C)cc(C)cc4C)c(C)nn3c2n1CC1CCCCC1. The van der Waals surface area contributed by atoms with Gasteiger partial charge in [-0.25, -0.2) is 4.98 Å². The Hall–Kier alpha value is -2.62. The van der Waals surface area contributed by atoms with Gasteiger partial charge in [-0.3, -0.25) is 0 Å². The normalized spacial score (nSPS) is 15.2. The molecule has 0 bridgehead atoms. The monoisotopic (exact) mass is 442 g/mol. The lowest BCUT2D eigenvalue weighted by atomic mass is 9.89. The van der Waals surface area contributed by atoms with Crippen molar-refractivity contribution in [1.29, 1.82) is 0 Å². The fourth-order valence-corrected chi connectivity index (χ4v) is 6.23. The molecule has 4 nitrogen and oxygen atoms in total. The second-order valence-corrected chi connectivity index (χ2v) is 10.4. The van der Waals surface area contributed by atoms with Crippen LogP contribution in [0.2, 0.25) is 0 Å². The zero-order valence-electron chi connectivity index (χ0n) is 21.3. The van der Waals surface area contributed by atoms with Crippen molar-refractivity contribution in [2.45, 2.75) is 93.0 Å². The summed E-state index contributed by atoms with van der Waals surface area (Å²) in [4.78, 5) is 5.15. The summed E-state index contributed by atoms with van der Waals surface area (Å²) in [6, 6.07) is 6.95. The molecule has 0 atom stereocenters. The van der Waals surface area contributed by atoms with Gasteiger partial charge in [0.05, 0.1) is 17.0 Å². The molecule has 1 aliphatic carbocycles. The van der Waals surface area contributed by atoms with Crippen molar-refractivity contribution in [1.82, 2.24) is 19.2 Å². The van der Waals surface area contributed by atoms with Crippen LogP contribution < -0.4 is 0 Å². The number of hydrogen-bond acceptors (Lipinski definition) is 2. The van der Waals surface area contributed by atoms with Crippen LogP contribution in [0.4, 0.5) is 0 Å². The van der Waals surface area contributed by atoms with Crippen LogP contribution in [0.1, 0.15) is 79.2 Å². The standard InChI is InChI=1S/C29H38N4/c1-7-11-24-16-25-21(5)30-28-27(26-19(3)14-18(2)15-20(26)4)22(6)31-33(28)29(25)32(24)17-23-12-9-8-10-13-23/h14-16,23H,7-13,17H2,1-6H3. The van der Waals surface area contributed by atoms with Crippen LogP contribution in [0, 0.1) is 40.5 Å². The molecule has 0 amide bonds. The highest BCUT2D eigenvalue weighted by molar-refractivity contribution is 5.90. The largest absolute Gasteiger partial charge is 0.329 e. The van der Waals surface area contributed by atoms with Crippen LogP contribution in [-0.4, -0.2) is 19.2 Å². The second kappa shape index (κ2) is 8.62. The van der Waals surface area contributed by atoms with E-state index in [1.807, 2.05) is 0 Å². The number of benzene rings is 1. The van der Waals surface area contributed by atoms with Gasteiger partial charge in [0.25, 0.3) is 0 Å². The minimum absolute atomic E-state index is 0.770. The number of nitrogens with zero attached hydrogens (tertiary/aromatic N) is 4. The molecule has 3 aromatic heterocycles. The van der Waals surface area contributed by atoms with Gasteiger partial charge in [0.2, 0.25) is 0 Å². The molecule has 0 saturated heterocycles. The number of rotatable bonds is 5. The Labute approximate surface area is 198 Å². The molecule has 1 aliphatic rings. The third-order valence-corrected chi connectivity index (χ3v) is 7.65. The molecular formula is C29H38N4. The van der Waals surface area contributed by atoms with Crippen molar-refractivity contribution in [2.75, 3.05) is 0 Å². The van der Waals surface area contributed by atoms with Crippen molar-refractivity contribution in [3.63, 3.8) is 0 Å². The minimum Gasteiger partial charge on any atom is -0.329 e. The summed E-state index contributed by atoms with van der Waals surface area (Å²) in [6.07, 6.45) is 9.11. The van der Waals surface area contributed by atoms with Crippen molar-refractivity contribution < 1.29 is 0 Å². The number of aromatic nitrogens is 4. The summed E-state index contributed by atoms with van der Waals surface area (Å²) in [5, 5.41) is 6.38. The highest BCUT2D eigenvalue weighted by Gasteiger charge is 2.24. The first kappa shape index (κ1) is 22.2. The van der Waals surface area contributed by atoms with E-state index in [0.29, 0.717) is 0 Å². The van der Waals surface area contributed by atoms with E-state index >= 15 is 0 Å². The number of aryl methyl sites for hydroxylation is 6. The van der Waals surface area contributed by atoms with Gasteiger partial charge in [-0.2, -0.15) is 9.61 Å². The van der Waals surface area contributed by atoms with E-state index in [1.165, 1.54) is 76.6 Å². The summed E-state index contributed by atoms with van der Waals surface area (Å²) < 4.78 is 4.76. The average Bonchev–Trinajstić information content (AvgIpc) is 3.27. The van der Waals surface area contributed by atoms with Gasteiger partial charge in [0.1, 0.15) is 5.65 Å². The molecule has 0 unspecified atom stereocenters. The molecule has 0 radical (unpaired) electrons. The molecule has 1 aromatic carbocycles. The first-order chi connectivity index (χ1) is 15.9. The highest BCUT2D eigenvalue weighted by atomic mass is 15.3. The average molecular weight is 443 g/mol. The molecule has 4 aromatic rings. The lowest BCUT2D eigenvalue weighted by Crippen LogP contribution is -2.17. The smallest absolute Gasteiger partial charge is 0.165 e. The lowest BCUT2D eigenvalue weighted by molar-refractivity contribution is 0.319. The van der Waals surface area contributed by atoms with E-state index in [1.54, 1.807) is 0 Å². The fraction of sp³-hybridized carbons (Fsp3) is 0.517. The molecule has 174 valence electrons. The first-order valence-corrected chi connectivity index (χ1v) is 12.8. The molecular weight excluding hydrogens is 404 g/mol. The number of hydrogen-bond donors (Lipinski definition) is 0. The third-order valence-electron chi connectivity index (χ3n) is 7.65. The minimum atomic E-state index is 0.770. The van der Waals surface area contributed by atoms with Gasteiger partial charge in [-0.15, -0.1) is 0 Å². The Bertz CT molecular complexity index is 1310. The van der Waals surface area contributed by atoms with E-state index in [-0.39, 0.29) is 0 Å². The van der Waals surface area contributed by atoms with E-state index in [0.717, 1.165) is 42.3 Å². The molecule has 4 heteroatoms. The van der Waals surface area contributed by atoms with Crippen LogP contribution in [0.15, 0.2) is 18.2 Å². The molecule has 0 spiro atoms. The second-order valence-electron chi connectivity index (χ2n) is 10.4. The van der Waals surface area contributed by atoms with Gasteiger partial charge < -0.3 is 4.57 Å². The van der Waals surface area contributed by atoms with E-state index < -0.39 is 0 Å². The number of fused-ring (bicyclic) bond motifs is 3. The topological polar surface area (TPSA) is 35.1 Å². The Kier molecular flexibility index (Phi) is 5.80. The van der Waals surface area contributed by atoms with Crippen LogP contribution in [0.25, 0.3) is 27.8 Å². The third kappa shape index (κ3) is 3.78. The Morgan fingerprint density at radius 1 is 0.879 bits per heavy atom. The fourth-order valence-electron chi connectivity index (χ4n) is 6.23. The molecule has 1 saturated carbocycles. The summed E-state index contributed by atoms with van der Waals surface area (Å²) in [5.41, 5.74) is 12.2. The Morgan fingerprint density at radius 2 is 1.58 bits per heavy atom. The van der Waals surface area contributed by atoms with Gasteiger partial charge in [0.15, 0.2) is 5.65 Å². The molecule has 0 aliphatic heterocycles.